The van der Waals surface area contributed by atoms with Gasteiger partial charge in [-0.05, 0) is 62.8 Å². The first-order valence-electron chi connectivity index (χ1n) is 15.3. The van der Waals surface area contributed by atoms with E-state index < -0.39 is 10.1 Å². The Kier molecular flexibility index (Phi) is 8.90. The summed E-state index contributed by atoms with van der Waals surface area (Å²) in [4.78, 5) is 7.31. The minimum Gasteiger partial charge on any atom is -0.333 e. The lowest BCUT2D eigenvalue weighted by atomic mass is 9.81. The summed E-state index contributed by atoms with van der Waals surface area (Å²) in [5.74, 6) is 0.780. The number of hydrogen-bond donors (Lipinski definition) is 1. The summed E-state index contributed by atoms with van der Waals surface area (Å²) < 4.78 is 34.3. The van der Waals surface area contributed by atoms with Gasteiger partial charge in [-0.2, -0.15) is 13.0 Å². The molecule has 1 aromatic rings. The van der Waals surface area contributed by atoms with Gasteiger partial charge in [0.2, 0.25) is 5.69 Å². The number of benzene rings is 1. The average Bonchev–Trinajstić information content (AvgIpc) is 3.33. The second-order valence-electron chi connectivity index (χ2n) is 12.8. The van der Waals surface area contributed by atoms with Crippen LogP contribution in [0.3, 0.4) is 0 Å². The molecule has 0 bridgehead atoms. The van der Waals surface area contributed by atoms with Crippen molar-refractivity contribution in [3.05, 3.63) is 99.9 Å². The molecular formula is C35H43ClN3O3S+. The fraction of sp³-hybridized carbons (Fsp3) is 0.429. The number of halogens is 1. The molecule has 0 fully saturated rings. The summed E-state index contributed by atoms with van der Waals surface area (Å²) in [5.41, 5.74) is 7.41. The fourth-order valence-corrected chi connectivity index (χ4v) is 7.38. The highest BCUT2D eigenvalue weighted by Crippen LogP contribution is 2.45. The highest BCUT2D eigenvalue weighted by atomic mass is 35.5. The van der Waals surface area contributed by atoms with Gasteiger partial charge in [-0.3, -0.25) is 4.55 Å². The molecule has 0 saturated carbocycles. The van der Waals surface area contributed by atoms with Gasteiger partial charge in [0.15, 0.2) is 5.71 Å². The molecule has 0 aromatic heterocycles. The first kappa shape index (κ1) is 31.4. The van der Waals surface area contributed by atoms with Gasteiger partial charge in [0.05, 0.1) is 16.9 Å². The van der Waals surface area contributed by atoms with Crippen molar-refractivity contribution < 1.29 is 17.5 Å². The van der Waals surface area contributed by atoms with Crippen LogP contribution in [0.15, 0.2) is 99.4 Å². The van der Waals surface area contributed by atoms with E-state index in [0.29, 0.717) is 13.0 Å². The van der Waals surface area contributed by atoms with Crippen LogP contribution < -0.4 is 0 Å². The van der Waals surface area contributed by atoms with Crippen LogP contribution in [0.1, 0.15) is 72.3 Å². The van der Waals surface area contributed by atoms with E-state index in [9.17, 15) is 13.0 Å². The van der Waals surface area contributed by atoms with Gasteiger partial charge in [0, 0.05) is 52.9 Å². The number of rotatable bonds is 9. The predicted octanol–water partition coefficient (Wildman–Crippen LogP) is 7.99. The second kappa shape index (κ2) is 12.2. The minimum atomic E-state index is -4.02. The van der Waals surface area contributed by atoms with Crippen molar-refractivity contribution in [2.24, 2.45) is 10.4 Å². The van der Waals surface area contributed by atoms with Crippen molar-refractivity contribution in [3.63, 3.8) is 0 Å². The maximum Gasteiger partial charge on any atom is 0.265 e. The van der Waals surface area contributed by atoms with Crippen molar-refractivity contribution in [1.82, 2.24) is 4.90 Å². The Balaban J connectivity index is 1.45. The average molecular weight is 621 g/mol. The Hall–Kier alpha value is -3.00. The van der Waals surface area contributed by atoms with Gasteiger partial charge in [0.25, 0.3) is 10.1 Å². The minimum absolute atomic E-state index is 0.185. The quantitative estimate of drug-likeness (QED) is 0.224. The Bertz CT molecular complexity index is 1670. The zero-order valence-corrected chi connectivity index (χ0v) is 27.5. The summed E-state index contributed by atoms with van der Waals surface area (Å²) >= 11 is 7.06. The Morgan fingerprint density at radius 2 is 1.86 bits per heavy atom. The molecule has 0 unspecified atom stereocenters. The number of allylic oxidation sites excluding steroid dienone is 10. The lowest BCUT2D eigenvalue weighted by Gasteiger charge is -2.28. The summed E-state index contributed by atoms with van der Waals surface area (Å²) in [6, 6.07) is 8.24. The molecule has 0 amide bonds. The summed E-state index contributed by atoms with van der Waals surface area (Å²) in [7, 11) is -4.02. The largest absolute Gasteiger partial charge is 0.333 e. The number of aliphatic imine (C=N–C) groups is 1. The smallest absolute Gasteiger partial charge is 0.265 e. The van der Waals surface area contributed by atoms with Gasteiger partial charge in [0.1, 0.15) is 12.4 Å². The van der Waals surface area contributed by atoms with E-state index in [1.807, 2.05) is 12.1 Å². The number of nitrogens with zero attached hydrogens (tertiary/aromatic N) is 3. The van der Waals surface area contributed by atoms with Crippen LogP contribution in [0.4, 0.5) is 5.69 Å². The van der Waals surface area contributed by atoms with Crippen molar-refractivity contribution >= 4 is 39.0 Å². The molecule has 0 atom stereocenters. The summed E-state index contributed by atoms with van der Waals surface area (Å²) in [6.07, 6.45) is 19.2. The molecule has 4 aliphatic rings. The maximum atomic E-state index is 11.4. The van der Waals surface area contributed by atoms with E-state index in [1.54, 1.807) is 0 Å². The lowest BCUT2D eigenvalue weighted by molar-refractivity contribution is -0.437. The van der Waals surface area contributed by atoms with Crippen LogP contribution in [0, 0.1) is 5.41 Å². The molecule has 0 spiro atoms. The van der Waals surface area contributed by atoms with Crippen LogP contribution in [0.25, 0.3) is 0 Å². The van der Waals surface area contributed by atoms with Gasteiger partial charge < -0.3 is 4.90 Å². The molecule has 228 valence electrons. The first-order valence-corrected chi connectivity index (χ1v) is 17.3. The highest BCUT2D eigenvalue weighted by Gasteiger charge is 2.44. The molecular weight excluding hydrogens is 578 g/mol. The van der Waals surface area contributed by atoms with Crippen molar-refractivity contribution in [2.75, 3.05) is 18.8 Å². The molecule has 3 heterocycles. The van der Waals surface area contributed by atoms with E-state index in [-0.39, 0.29) is 16.6 Å². The van der Waals surface area contributed by atoms with Crippen molar-refractivity contribution in [3.8, 4) is 0 Å². The number of hydrogen-bond acceptors (Lipinski definition) is 4. The summed E-state index contributed by atoms with van der Waals surface area (Å²) in [6.45, 7) is 12.5. The first-order chi connectivity index (χ1) is 20.3. The number of para-hydroxylation sites is 1. The molecule has 1 N–H and O–H groups in total. The summed E-state index contributed by atoms with van der Waals surface area (Å²) in [5, 5.41) is 0.792. The Labute approximate surface area is 262 Å². The Morgan fingerprint density at radius 3 is 2.60 bits per heavy atom. The molecule has 6 nitrogen and oxygen atoms in total. The SMILES string of the molecule is CCCN1C=CC=C2C1=N/C(=C/C=C1\CCCC(/C=C/C3=[N+](CCCS(=O)(=O)O)c4ccccc4C3(C)C)=C1Cl)C2(C)C. The van der Waals surface area contributed by atoms with Crippen LogP contribution in [0.2, 0.25) is 0 Å². The normalized spacial score (nSPS) is 23.0. The Morgan fingerprint density at radius 1 is 1.09 bits per heavy atom. The van der Waals surface area contributed by atoms with Gasteiger partial charge in [-0.1, -0.05) is 68.8 Å². The van der Waals surface area contributed by atoms with E-state index in [0.717, 1.165) is 71.3 Å². The second-order valence-corrected chi connectivity index (χ2v) is 14.7. The van der Waals surface area contributed by atoms with Gasteiger partial charge >= 0.3 is 0 Å². The number of amidine groups is 1. The molecule has 1 aromatic carbocycles. The zero-order chi connectivity index (χ0) is 31.0. The number of fused-ring (bicyclic) bond motifs is 2. The van der Waals surface area contributed by atoms with Crippen molar-refractivity contribution in [2.45, 2.75) is 72.1 Å². The third kappa shape index (κ3) is 6.31. The van der Waals surface area contributed by atoms with Gasteiger partial charge in [-0.15, -0.1) is 0 Å². The monoisotopic (exact) mass is 620 g/mol. The van der Waals surface area contributed by atoms with Crippen molar-refractivity contribution in [1.29, 1.82) is 0 Å². The predicted molar refractivity (Wildman–Crippen MR) is 178 cm³/mol. The third-order valence-corrected chi connectivity index (χ3v) is 10.3. The molecule has 0 radical (unpaired) electrons. The van der Waals surface area contributed by atoms with Crippen LogP contribution in [0.5, 0.6) is 0 Å². The van der Waals surface area contributed by atoms with E-state index in [2.05, 4.69) is 98.9 Å². The van der Waals surface area contributed by atoms with E-state index >= 15 is 0 Å². The topological polar surface area (TPSA) is 73.0 Å². The molecule has 43 heavy (non-hydrogen) atoms. The molecule has 3 aliphatic heterocycles. The van der Waals surface area contributed by atoms with Gasteiger partial charge in [-0.25, -0.2) is 4.99 Å². The third-order valence-electron chi connectivity index (χ3n) is 8.97. The molecule has 1 aliphatic carbocycles. The maximum absolute atomic E-state index is 11.4. The van der Waals surface area contributed by atoms with E-state index in [1.165, 1.54) is 11.1 Å². The lowest BCUT2D eigenvalue weighted by Crippen LogP contribution is -2.31. The standard InChI is InChI=1S/C35H42ClN3O3S/c1-6-21-38-22-10-15-28-33(38)37-30(34(28,2)3)19-17-25-12-9-13-26(32(25)36)18-20-31-35(4,5)27-14-7-8-16-29(27)39(31)23-11-24-43(40,41)42/h7-8,10,14-20,22H,6,9,11-13,21,23-24H2,1-5H3/p+1. The van der Waals surface area contributed by atoms with Crippen LogP contribution in [-0.2, 0) is 15.5 Å². The van der Waals surface area contributed by atoms with Crippen LogP contribution >= 0.6 is 11.6 Å². The molecule has 5 rings (SSSR count). The zero-order valence-electron chi connectivity index (χ0n) is 25.9. The highest BCUT2D eigenvalue weighted by molar-refractivity contribution is 7.85. The van der Waals surface area contributed by atoms with E-state index in [4.69, 9.17) is 16.6 Å². The fourth-order valence-electron chi connectivity index (χ4n) is 6.57. The molecule has 8 heteroatoms. The molecule has 0 saturated heterocycles. The van der Waals surface area contributed by atoms with Crippen LogP contribution in [-0.4, -0.2) is 52.8 Å².